The van der Waals surface area contributed by atoms with Gasteiger partial charge in [0.15, 0.2) is 0 Å². The van der Waals surface area contributed by atoms with Gasteiger partial charge < -0.3 is 0 Å². The van der Waals surface area contributed by atoms with Gasteiger partial charge in [0.1, 0.15) is 11.0 Å². The molecule has 0 fully saturated rings. The summed E-state index contributed by atoms with van der Waals surface area (Å²) >= 11 is 0. The van der Waals surface area contributed by atoms with Crippen LogP contribution in [0.5, 0.6) is 0 Å². The second-order valence-corrected chi connectivity index (χ2v) is 7.87. The fraction of sp³-hybridized carbons (Fsp3) is 0.0714. The molecule has 5 rings (SSSR count). The molecule has 1 aromatic heterocycles. The molecular weight excluding hydrogens is 392 g/mol. The van der Waals surface area contributed by atoms with Crippen molar-refractivity contribution in [3.8, 4) is 0 Å². The molecule has 154 valence electrons. The molecule has 0 amide bonds. The Morgan fingerprint density at radius 2 is 0.938 bits per heavy atom. The van der Waals surface area contributed by atoms with Crippen LogP contribution in [0.15, 0.2) is 94.9 Å². The number of nitrogens with zero attached hydrogens (tertiary/aromatic N) is 4. The predicted octanol–water partition coefficient (Wildman–Crippen LogP) is 6.90. The quantitative estimate of drug-likeness (QED) is 0.237. The highest BCUT2D eigenvalue weighted by Crippen LogP contribution is 2.26. The Balaban J connectivity index is 1.55. The molecule has 0 bridgehead atoms. The summed E-state index contributed by atoms with van der Waals surface area (Å²) in [6.45, 7) is 4.14. The summed E-state index contributed by atoms with van der Waals surface area (Å²) in [5.41, 5.74) is 7.81. The molecule has 0 unspecified atom stereocenters. The van der Waals surface area contributed by atoms with Crippen molar-refractivity contribution in [1.82, 2.24) is 10.2 Å². The zero-order valence-corrected chi connectivity index (χ0v) is 18.0. The smallest absolute Gasteiger partial charge is 0.102 e. The lowest BCUT2D eigenvalue weighted by Crippen LogP contribution is -1.95. The molecule has 0 aliphatic rings. The van der Waals surface area contributed by atoms with Crippen molar-refractivity contribution in [3.63, 3.8) is 0 Å². The van der Waals surface area contributed by atoms with Crippen LogP contribution in [0.25, 0.3) is 21.8 Å². The van der Waals surface area contributed by atoms with E-state index in [2.05, 4.69) is 70.4 Å². The molecule has 4 heteroatoms. The van der Waals surface area contributed by atoms with Crippen LogP contribution in [-0.2, 0) is 0 Å². The Morgan fingerprint density at radius 3 is 1.34 bits per heavy atom. The van der Waals surface area contributed by atoms with Gasteiger partial charge in [0, 0.05) is 34.3 Å². The van der Waals surface area contributed by atoms with Crippen molar-refractivity contribution < 1.29 is 0 Å². The van der Waals surface area contributed by atoms with E-state index >= 15 is 0 Å². The third-order valence-electron chi connectivity index (χ3n) is 5.45. The third-order valence-corrected chi connectivity index (χ3v) is 5.45. The van der Waals surface area contributed by atoms with Gasteiger partial charge >= 0.3 is 0 Å². The van der Waals surface area contributed by atoms with Crippen molar-refractivity contribution in [3.05, 3.63) is 107 Å². The van der Waals surface area contributed by atoms with Gasteiger partial charge in [-0.15, -0.1) is 10.2 Å². The topological polar surface area (TPSA) is 50.5 Å². The number of aromatic nitrogens is 2. The minimum atomic E-state index is 0.837. The van der Waals surface area contributed by atoms with Gasteiger partial charge in [0.25, 0.3) is 0 Å². The lowest BCUT2D eigenvalue weighted by atomic mass is 10.0. The minimum absolute atomic E-state index is 0.837. The average molecular weight is 415 g/mol. The van der Waals surface area contributed by atoms with E-state index in [1.54, 1.807) is 0 Å². The summed E-state index contributed by atoms with van der Waals surface area (Å²) in [7, 11) is 0. The first-order chi connectivity index (χ1) is 15.7. The van der Waals surface area contributed by atoms with Gasteiger partial charge in [-0.3, -0.25) is 9.98 Å². The minimum Gasteiger partial charge on any atom is -0.256 e. The van der Waals surface area contributed by atoms with Gasteiger partial charge in [-0.2, -0.15) is 0 Å². The third kappa shape index (κ3) is 4.03. The summed E-state index contributed by atoms with van der Waals surface area (Å²) in [5.74, 6) is 0. The normalized spacial score (nSPS) is 11.8. The van der Waals surface area contributed by atoms with E-state index in [1.807, 2.05) is 61.0 Å². The molecule has 0 spiro atoms. The van der Waals surface area contributed by atoms with Crippen molar-refractivity contribution in [2.75, 3.05) is 0 Å². The van der Waals surface area contributed by atoms with E-state index in [1.165, 1.54) is 11.1 Å². The molecule has 0 saturated carbocycles. The van der Waals surface area contributed by atoms with Gasteiger partial charge in [-0.05, 0) is 38.1 Å². The molecule has 5 aromatic rings. The van der Waals surface area contributed by atoms with E-state index in [-0.39, 0.29) is 0 Å². The maximum atomic E-state index is 4.62. The van der Waals surface area contributed by atoms with Crippen LogP contribution in [0, 0.1) is 13.8 Å². The van der Waals surface area contributed by atoms with Gasteiger partial charge in [0.2, 0.25) is 0 Å². The highest BCUT2D eigenvalue weighted by Gasteiger charge is 2.09. The zero-order valence-electron chi connectivity index (χ0n) is 18.0. The Morgan fingerprint density at radius 1 is 0.531 bits per heavy atom. The summed E-state index contributed by atoms with van der Waals surface area (Å²) in [5, 5.41) is 11.2. The zero-order chi connectivity index (χ0) is 21.9. The second kappa shape index (κ2) is 8.52. The molecule has 0 aliphatic heterocycles. The maximum Gasteiger partial charge on any atom is 0.102 e. The molecule has 0 N–H and O–H groups in total. The Hall–Kier alpha value is -4.18. The number of aryl methyl sites for hydroxylation is 2. The Bertz CT molecular complexity index is 1350. The van der Waals surface area contributed by atoms with Crippen LogP contribution in [0.3, 0.4) is 0 Å². The average Bonchev–Trinajstić information content (AvgIpc) is 2.83. The van der Waals surface area contributed by atoms with Crippen molar-refractivity contribution in [2.45, 2.75) is 13.8 Å². The number of benzene rings is 4. The first-order valence-corrected chi connectivity index (χ1v) is 10.6. The summed E-state index contributed by atoms with van der Waals surface area (Å²) in [6, 6.07) is 28.5. The molecule has 0 aliphatic carbocycles. The molecule has 4 nitrogen and oxygen atoms in total. The lowest BCUT2D eigenvalue weighted by molar-refractivity contribution is 1.12. The van der Waals surface area contributed by atoms with E-state index in [9.17, 15) is 0 Å². The molecule has 4 aromatic carbocycles. The second-order valence-electron chi connectivity index (χ2n) is 7.87. The van der Waals surface area contributed by atoms with E-state index in [4.69, 9.17) is 0 Å². The Kier molecular flexibility index (Phi) is 5.26. The van der Waals surface area contributed by atoms with Crippen LogP contribution in [0.1, 0.15) is 22.3 Å². The maximum absolute atomic E-state index is 4.62. The summed E-state index contributed by atoms with van der Waals surface area (Å²) in [4.78, 5) is 9.24. The van der Waals surface area contributed by atoms with Crippen LogP contribution >= 0.6 is 0 Å². The highest BCUT2D eigenvalue weighted by molar-refractivity contribution is 6.12. The van der Waals surface area contributed by atoms with Crippen molar-refractivity contribution in [1.29, 1.82) is 0 Å². The van der Waals surface area contributed by atoms with Gasteiger partial charge in [0.05, 0.1) is 11.4 Å². The van der Waals surface area contributed by atoms with Crippen LogP contribution in [0.2, 0.25) is 0 Å². The highest BCUT2D eigenvalue weighted by atomic mass is 15.1. The number of rotatable bonds is 4. The molecular formula is C28H22N4. The first-order valence-electron chi connectivity index (χ1n) is 10.6. The Labute approximate surface area is 187 Å². The van der Waals surface area contributed by atoms with E-state index in [0.29, 0.717) is 0 Å². The molecule has 0 radical (unpaired) electrons. The molecule has 1 heterocycles. The first kappa shape index (κ1) is 19.8. The van der Waals surface area contributed by atoms with E-state index < -0.39 is 0 Å². The lowest BCUT2D eigenvalue weighted by Gasteiger charge is -2.06. The van der Waals surface area contributed by atoms with Gasteiger partial charge in [-0.25, -0.2) is 0 Å². The molecule has 0 saturated heterocycles. The fourth-order valence-electron chi connectivity index (χ4n) is 3.64. The molecule has 0 atom stereocenters. The summed E-state index contributed by atoms with van der Waals surface area (Å²) in [6.07, 6.45) is 3.71. The standard InChI is InChI=1S/C28H22N4/c1-19-9-13-23(14-10-19)29-17-21-5-3-7-25-26-8-4-6-22(28(26)32-31-27(21)25)18-30-24-15-11-20(2)12-16-24/h3-18H,1-2H3. The fourth-order valence-corrected chi connectivity index (χ4v) is 3.64. The summed E-state index contributed by atoms with van der Waals surface area (Å²) < 4.78 is 0. The number of fused-ring (bicyclic) bond motifs is 3. The number of hydrogen-bond donors (Lipinski definition) is 0. The number of hydrogen-bond acceptors (Lipinski definition) is 4. The van der Waals surface area contributed by atoms with Crippen LogP contribution < -0.4 is 0 Å². The SMILES string of the molecule is Cc1ccc(N=Cc2cccc3c2nnc2c(C=Nc4ccc(C)cc4)cccc23)cc1. The van der Waals surface area contributed by atoms with Gasteiger partial charge in [-0.1, -0.05) is 71.8 Å². The number of aliphatic imine (C=N–C) groups is 2. The molecule has 32 heavy (non-hydrogen) atoms. The van der Waals surface area contributed by atoms with Crippen LogP contribution in [0.4, 0.5) is 11.4 Å². The van der Waals surface area contributed by atoms with Crippen LogP contribution in [-0.4, -0.2) is 22.6 Å². The largest absolute Gasteiger partial charge is 0.256 e. The van der Waals surface area contributed by atoms with Crippen molar-refractivity contribution >= 4 is 45.6 Å². The monoisotopic (exact) mass is 414 g/mol. The predicted molar refractivity (Wildman–Crippen MR) is 134 cm³/mol. The van der Waals surface area contributed by atoms with Crippen molar-refractivity contribution in [2.24, 2.45) is 9.98 Å². The van der Waals surface area contributed by atoms with E-state index in [0.717, 1.165) is 44.3 Å².